The zero-order chi connectivity index (χ0) is 12.4. The molecule has 5 nitrogen and oxygen atoms in total. The van der Waals surface area contributed by atoms with Crippen molar-refractivity contribution in [1.29, 1.82) is 0 Å². The van der Waals surface area contributed by atoms with Crippen LogP contribution >= 0.6 is 0 Å². The Kier molecular flexibility index (Phi) is 2.99. The second-order valence-corrected chi connectivity index (χ2v) is 3.95. The van der Waals surface area contributed by atoms with Crippen LogP contribution in [-0.2, 0) is 11.3 Å². The molecule has 17 heavy (non-hydrogen) atoms. The molecule has 1 aliphatic rings. The van der Waals surface area contributed by atoms with Gasteiger partial charge in [-0.05, 0) is 24.6 Å². The van der Waals surface area contributed by atoms with Crippen molar-refractivity contribution >= 4 is 11.9 Å². The zero-order valence-corrected chi connectivity index (χ0v) is 9.77. The van der Waals surface area contributed by atoms with E-state index in [1.54, 1.807) is 14.0 Å². The number of carbonyl (C=O) groups excluding carboxylic acids is 2. The number of nitrogens with one attached hydrogen (secondary N) is 1. The van der Waals surface area contributed by atoms with Crippen LogP contribution in [0.3, 0.4) is 0 Å². The van der Waals surface area contributed by atoms with Gasteiger partial charge in [0.25, 0.3) is 5.91 Å². The molecule has 0 aromatic heterocycles. The first-order valence-electron chi connectivity index (χ1n) is 5.36. The normalized spacial score (nSPS) is 19.4. The first kappa shape index (κ1) is 11.4. The van der Waals surface area contributed by atoms with Gasteiger partial charge < -0.3 is 9.64 Å². The van der Waals surface area contributed by atoms with Crippen LogP contribution < -0.4 is 10.1 Å². The Morgan fingerprint density at radius 3 is 2.41 bits per heavy atom. The van der Waals surface area contributed by atoms with Gasteiger partial charge in [0.1, 0.15) is 11.8 Å². The minimum Gasteiger partial charge on any atom is -0.497 e. The van der Waals surface area contributed by atoms with E-state index in [4.69, 9.17) is 4.74 Å². The third-order valence-corrected chi connectivity index (χ3v) is 2.85. The molecule has 1 aromatic carbocycles. The molecule has 1 fully saturated rings. The van der Waals surface area contributed by atoms with Crippen LogP contribution in [0, 0.1) is 0 Å². The van der Waals surface area contributed by atoms with Crippen molar-refractivity contribution in [2.75, 3.05) is 7.11 Å². The van der Waals surface area contributed by atoms with Crippen LogP contribution in [0.25, 0.3) is 0 Å². The molecular formula is C12H14N2O3. The van der Waals surface area contributed by atoms with Crippen LogP contribution in [0.2, 0.25) is 0 Å². The number of benzene rings is 1. The molecule has 0 spiro atoms. The highest BCUT2D eigenvalue weighted by molar-refractivity contribution is 6.03. The van der Waals surface area contributed by atoms with Crippen molar-refractivity contribution in [3.63, 3.8) is 0 Å². The molecule has 1 atom stereocenters. The van der Waals surface area contributed by atoms with Crippen molar-refractivity contribution in [3.05, 3.63) is 29.8 Å². The molecule has 90 valence electrons. The van der Waals surface area contributed by atoms with Gasteiger partial charge in [-0.3, -0.25) is 10.1 Å². The number of nitrogens with zero attached hydrogens (tertiary/aromatic N) is 1. The number of amides is 3. The Bertz CT molecular complexity index is 442. The number of hydrogen-bond donors (Lipinski definition) is 1. The van der Waals surface area contributed by atoms with Crippen LogP contribution in [0.5, 0.6) is 5.75 Å². The molecule has 1 N–H and O–H groups in total. The fraction of sp³-hybridized carbons (Fsp3) is 0.333. The maximum Gasteiger partial charge on any atom is 0.325 e. The molecule has 1 saturated heterocycles. The minimum absolute atomic E-state index is 0.247. The second-order valence-electron chi connectivity index (χ2n) is 3.95. The number of ether oxygens (including phenoxy) is 1. The summed E-state index contributed by atoms with van der Waals surface area (Å²) < 4.78 is 5.05. The molecule has 0 bridgehead atoms. The van der Waals surface area contributed by atoms with E-state index in [0.717, 1.165) is 11.3 Å². The van der Waals surface area contributed by atoms with E-state index >= 15 is 0 Å². The van der Waals surface area contributed by atoms with Crippen LogP contribution in [0.15, 0.2) is 24.3 Å². The molecule has 0 saturated carbocycles. The molecular weight excluding hydrogens is 220 g/mol. The van der Waals surface area contributed by atoms with Crippen LogP contribution in [-0.4, -0.2) is 30.0 Å². The molecule has 3 amide bonds. The van der Waals surface area contributed by atoms with Crippen molar-refractivity contribution in [1.82, 2.24) is 10.2 Å². The number of urea groups is 1. The maximum absolute atomic E-state index is 11.5. The summed E-state index contributed by atoms with van der Waals surface area (Å²) in [5, 5.41) is 2.28. The minimum atomic E-state index is -0.412. The third-order valence-electron chi connectivity index (χ3n) is 2.85. The van der Waals surface area contributed by atoms with Gasteiger partial charge in [-0.1, -0.05) is 12.1 Å². The van der Waals surface area contributed by atoms with E-state index in [0.29, 0.717) is 6.54 Å². The van der Waals surface area contributed by atoms with Gasteiger partial charge in [0.2, 0.25) is 0 Å². The standard InChI is InChI=1S/C12H14N2O3/c1-8-11(15)13-12(16)14(8)7-9-3-5-10(17-2)6-4-9/h3-6,8H,7H2,1-2H3,(H,13,15,16). The summed E-state index contributed by atoms with van der Waals surface area (Å²) >= 11 is 0. The molecule has 0 aliphatic carbocycles. The summed E-state index contributed by atoms with van der Waals surface area (Å²) in [6.07, 6.45) is 0. The monoisotopic (exact) mass is 234 g/mol. The van der Waals surface area contributed by atoms with Crippen molar-refractivity contribution in [3.8, 4) is 5.75 Å². The fourth-order valence-electron chi connectivity index (χ4n) is 1.74. The Morgan fingerprint density at radius 2 is 1.94 bits per heavy atom. The van der Waals surface area contributed by atoms with Gasteiger partial charge in [-0.2, -0.15) is 0 Å². The van der Waals surface area contributed by atoms with Gasteiger partial charge in [0.15, 0.2) is 0 Å². The summed E-state index contributed by atoms with van der Waals surface area (Å²) in [7, 11) is 1.60. The smallest absolute Gasteiger partial charge is 0.325 e. The van der Waals surface area contributed by atoms with Crippen LogP contribution in [0.1, 0.15) is 12.5 Å². The van der Waals surface area contributed by atoms with Gasteiger partial charge in [-0.15, -0.1) is 0 Å². The Labute approximate surface area is 99.4 Å². The summed E-state index contributed by atoms with van der Waals surface area (Å²) in [4.78, 5) is 24.3. The zero-order valence-electron chi connectivity index (χ0n) is 9.77. The van der Waals surface area contributed by atoms with E-state index in [2.05, 4.69) is 5.32 Å². The van der Waals surface area contributed by atoms with Gasteiger partial charge in [0, 0.05) is 6.54 Å². The lowest BCUT2D eigenvalue weighted by atomic mass is 10.2. The number of hydrogen-bond acceptors (Lipinski definition) is 3. The van der Waals surface area contributed by atoms with E-state index < -0.39 is 6.04 Å². The highest BCUT2D eigenvalue weighted by Gasteiger charge is 2.34. The first-order chi connectivity index (χ1) is 8.11. The second kappa shape index (κ2) is 4.45. The van der Waals surface area contributed by atoms with E-state index in [1.807, 2.05) is 24.3 Å². The maximum atomic E-state index is 11.5. The highest BCUT2D eigenvalue weighted by Crippen LogP contribution is 2.16. The Morgan fingerprint density at radius 1 is 1.29 bits per heavy atom. The molecule has 5 heteroatoms. The highest BCUT2D eigenvalue weighted by atomic mass is 16.5. The third kappa shape index (κ3) is 2.22. The Hall–Kier alpha value is -2.04. The largest absolute Gasteiger partial charge is 0.497 e. The summed E-state index contributed by atoms with van der Waals surface area (Å²) in [5.74, 6) is 0.521. The van der Waals surface area contributed by atoms with E-state index in [1.165, 1.54) is 4.90 Å². The molecule has 0 radical (unpaired) electrons. The average molecular weight is 234 g/mol. The molecule has 1 unspecified atom stereocenters. The molecule has 1 heterocycles. The molecule has 1 aliphatic heterocycles. The quantitative estimate of drug-likeness (QED) is 0.798. The predicted molar refractivity (Wildman–Crippen MR) is 61.5 cm³/mol. The van der Waals surface area contributed by atoms with Gasteiger partial charge >= 0.3 is 6.03 Å². The van der Waals surface area contributed by atoms with Crippen molar-refractivity contribution in [2.24, 2.45) is 0 Å². The van der Waals surface area contributed by atoms with Crippen LogP contribution in [0.4, 0.5) is 4.79 Å². The lowest BCUT2D eigenvalue weighted by Crippen LogP contribution is -2.32. The fourth-order valence-corrected chi connectivity index (χ4v) is 1.74. The predicted octanol–water partition coefficient (Wildman–Crippen LogP) is 1.14. The Balaban J connectivity index is 2.10. The van der Waals surface area contributed by atoms with Crippen molar-refractivity contribution in [2.45, 2.75) is 19.5 Å². The number of methoxy groups -OCH3 is 1. The van der Waals surface area contributed by atoms with Gasteiger partial charge in [0.05, 0.1) is 7.11 Å². The summed E-state index contributed by atoms with van der Waals surface area (Å²) in [5.41, 5.74) is 0.961. The SMILES string of the molecule is COc1ccc(CN2C(=O)NC(=O)C2C)cc1. The van der Waals surface area contributed by atoms with Crippen molar-refractivity contribution < 1.29 is 14.3 Å². The topological polar surface area (TPSA) is 58.6 Å². The first-order valence-corrected chi connectivity index (χ1v) is 5.36. The number of carbonyl (C=O) groups is 2. The lowest BCUT2D eigenvalue weighted by molar-refractivity contribution is -0.121. The summed E-state index contributed by atoms with van der Waals surface area (Å²) in [6.45, 7) is 2.13. The van der Waals surface area contributed by atoms with Gasteiger partial charge in [-0.25, -0.2) is 4.79 Å². The molecule has 1 aromatic rings. The number of rotatable bonds is 3. The average Bonchev–Trinajstić information content (AvgIpc) is 2.57. The number of imide groups is 1. The summed E-state index contributed by atoms with van der Waals surface area (Å²) in [6, 6.07) is 6.66. The lowest BCUT2D eigenvalue weighted by Gasteiger charge is -2.18. The van der Waals surface area contributed by atoms with E-state index in [9.17, 15) is 9.59 Å². The molecule has 2 rings (SSSR count). The van der Waals surface area contributed by atoms with E-state index in [-0.39, 0.29) is 11.9 Å².